The molecule has 1 aromatic carbocycles. The van der Waals surface area contributed by atoms with Gasteiger partial charge in [0, 0.05) is 51.4 Å². The highest BCUT2D eigenvalue weighted by Gasteiger charge is 2.32. The molecule has 7 nitrogen and oxygen atoms in total. The highest BCUT2D eigenvalue weighted by atomic mass is 32.1. The summed E-state index contributed by atoms with van der Waals surface area (Å²) in [6, 6.07) is 12.3. The summed E-state index contributed by atoms with van der Waals surface area (Å²) in [5.41, 5.74) is 2.23. The van der Waals surface area contributed by atoms with Gasteiger partial charge in [-0.2, -0.15) is 0 Å². The van der Waals surface area contributed by atoms with E-state index in [0.717, 1.165) is 46.9 Å². The maximum Gasteiger partial charge on any atom is 0.264 e. The minimum atomic E-state index is -0.293. The van der Waals surface area contributed by atoms with Crippen molar-refractivity contribution in [2.45, 2.75) is 18.9 Å². The van der Waals surface area contributed by atoms with E-state index in [1.54, 1.807) is 11.3 Å². The van der Waals surface area contributed by atoms with Crippen molar-refractivity contribution in [3.05, 3.63) is 41.3 Å². The number of benzene rings is 1. The van der Waals surface area contributed by atoms with Crippen molar-refractivity contribution >= 4 is 28.2 Å². The van der Waals surface area contributed by atoms with E-state index in [-0.39, 0.29) is 17.9 Å². The summed E-state index contributed by atoms with van der Waals surface area (Å²) < 4.78 is 11.1. The van der Waals surface area contributed by atoms with Crippen molar-refractivity contribution in [3.8, 4) is 11.1 Å². The van der Waals surface area contributed by atoms with E-state index < -0.39 is 0 Å². The molecule has 4 heterocycles. The third-order valence-corrected chi connectivity index (χ3v) is 7.57. The lowest BCUT2D eigenvalue weighted by Crippen LogP contribution is -2.52. The summed E-state index contributed by atoms with van der Waals surface area (Å²) in [6.07, 6.45) is 1.46. The molecule has 0 bridgehead atoms. The number of ether oxygens (including phenoxy) is 2. The molecule has 2 aromatic rings. The molecule has 3 aliphatic heterocycles. The van der Waals surface area contributed by atoms with Crippen LogP contribution < -0.4 is 4.90 Å². The standard InChI is InChI=1S/C24H29N3O4S/c28-22(20-7-4-14-31-20)25-8-10-26(11-9-25)23(29)21-17-19(18-5-2-1-3-6-18)24(32-21)27-12-15-30-16-13-27/h1-3,5-6,17,20H,4,7-16H2. The molecule has 5 rings (SSSR count). The smallest absolute Gasteiger partial charge is 0.264 e. The van der Waals surface area contributed by atoms with E-state index in [1.165, 1.54) is 0 Å². The topological polar surface area (TPSA) is 62.3 Å². The molecule has 32 heavy (non-hydrogen) atoms. The largest absolute Gasteiger partial charge is 0.378 e. The summed E-state index contributed by atoms with van der Waals surface area (Å²) in [7, 11) is 0. The number of carbonyl (C=O) groups excluding carboxylic acids is 2. The van der Waals surface area contributed by atoms with Crippen molar-refractivity contribution in [2.24, 2.45) is 0 Å². The number of thiophene rings is 1. The zero-order valence-corrected chi connectivity index (χ0v) is 19.0. The number of hydrogen-bond acceptors (Lipinski definition) is 6. The van der Waals surface area contributed by atoms with Gasteiger partial charge in [-0.1, -0.05) is 30.3 Å². The van der Waals surface area contributed by atoms with Gasteiger partial charge in [-0.25, -0.2) is 0 Å². The maximum absolute atomic E-state index is 13.4. The number of piperazine rings is 1. The zero-order valence-electron chi connectivity index (χ0n) is 18.2. The minimum absolute atomic E-state index is 0.0518. The molecule has 1 aromatic heterocycles. The van der Waals surface area contributed by atoms with Crippen molar-refractivity contribution in [1.82, 2.24) is 9.80 Å². The van der Waals surface area contributed by atoms with E-state index in [9.17, 15) is 9.59 Å². The van der Waals surface area contributed by atoms with Crippen LogP contribution in [0.4, 0.5) is 5.00 Å². The second kappa shape index (κ2) is 9.60. The summed E-state index contributed by atoms with van der Waals surface area (Å²) in [4.78, 5) is 32.8. The fourth-order valence-corrected chi connectivity index (χ4v) is 5.77. The van der Waals surface area contributed by atoms with Gasteiger partial charge < -0.3 is 24.2 Å². The molecular formula is C24H29N3O4S. The fourth-order valence-electron chi connectivity index (χ4n) is 4.57. The van der Waals surface area contributed by atoms with Crippen LogP contribution in [0.2, 0.25) is 0 Å². The molecule has 0 spiro atoms. The predicted molar refractivity (Wildman–Crippen MR) is 124 cm³/mol. The summed E-state index contributed by atoms with van der Waals surface area (Å²) in [5.74, 6) is 0.127. The maximum atomic E-state index is 13.4. The molecule has 0 N–H and O–H groups in total. The van der Waals surface area contributed by atoms with Gasteiger partial charge in [-0.15, -0.1) is 11.3 Å². The third-order valence-electron chi connectivity index (χ3n) is 6.39. The molecular weight excluding hydrogens is 426 g/mol. The third kappa shape index (κ3) is 4.40. The van der Waals surface area contributed by atoms with Crippen molar-refractivity contribution in [3.63, 3.8) is 0 Å². The highest BCUT2D eigenvalue weighted by Crippen LogP contribution is 2.40. The number of carbonyl (C=O) groups is 2. The lowest BCUT2D eigenvalue weighted by Gasteiger charge is -2.35. The van der Waals surface area contributed by atoms with E-state index in [0.29, 0.717) is 46.0 Å². The first kappa shape index (κ1) is 21.4. The Morgan fingerprint density at radius 3 is 2.31 bits per heavy atom. The van der Waals surface area contributed by atoms with Crippen LogP contribution in [0.1, 0.15) is 22.5 Å². The fraction of sp³-hybridized carbons (Fsp3) is 0.500. The molecule has 170 valence electrons. The molecule has 3 fully saturated rings. The molecule has 0 saturated carbocycles. The molecule has 1 atom stereocenters. The van der Waals surface area contributed by atoms with Crippen LogP contribution in [-0.2, 0) is 14.3 Å². The number of hydrogen-bond donors (Lipinski definition) is 0. The molecule has 0 radical (unpaired) electrons. The van der Waals surface area contributed by atoms with Gasteiger partial charge in [0.1, 0.15) is 6.10 Å². The summed E-state index contributed by atoms with van der Waals surface area (Å²) >= 11 is 1.57. The second-order valence-corrected chi connectivity index (χ2v) is 9.44. The molecule has 3 aliphatic rings. The number of morpholine rings is 1. The predicted octanol–water partition coefficient (Wildman–Crippen LogP) is 2.72. The van der Waals surface area contributed by atoms with Crippen molar-refractivity contribution in [2.75, 3.05) is 64.0 Å². The van der Waals surface area contributed by atoms with E-state index in [1.807, 2.05) is 34.1 Å². The monoisotopic (exact) mass is 455 g/mol. The highest BCUT2D eigenvalue weighted by molar-refractivity contribution is 7.18. The van der Waals surface area contributed by atoms with Crippen molar-refractivity contribution in [1.29, 1.82) is 0 Å². The first-order chi connectivity index (χ1) is 15.7. The normalized spacial score (nSPS) is 21.8. The summed E-state index contributed by atoms with van der Waals surface area (Å²) in [5, 5.41) is 1.13. The van der Waals surface area contributed by atoms with Crippen LogP contribution in [-0.4, -0.2) is 86.8 Å². The first-order valence-electron chi connectivity index (χ1n) is 11.4. The Bertz CT molecular complexity index is 943. The van der Waals surface area contributed by atoms with Gasteiger partial charge in [-0.3, -0.25) is 9.59 Å². The molecule has 3 saturated heterocycles. The molecule has 0 aliphatic carbocycles. The number of rotatable bonds is 4. The Morgan fingerprint density at radius 2 is 1.62 bits per heavy atom. The van der Waals surface area contributed by atoms with Gasteiger partial charge in [0.05, 0.1) is 23.1 Å². The van der Waals surface area contributed by atoms with Gasteiger partial charge in [0.25, 0.3) is 11.8 Å². The average Bonchev–Trinajstić information content (AvgIpc) is 3.55. The van der Waals surface area contributed by atoms with Gasteiger partial charge in [0.2, 0.25) is 0 Å². The lowest BCUT2D eigenvalue weighted by molar-refractivity contribution is -0.142. The molecule has 1 unspecified atom stereocenters. The van der Waals surface area contributed by atoms with Gasteiger partial charge in [0.15, 0.2) is 0 Å². The quantitative estimate of drug-likeness (QED) is 0.710. The van der Waals surface area contributed by atoms with Gasteiger partial charge in [-0.05, 0) is 24.5 Å². The minimum Gasteiger partial charge on any atom is -0.378 e. The van der Waals surface area contributed by atoms with Crippen LogP contribution in [0.5, 0.6) is 0 Å². The van der Waals surface area contributed by atoms with E-state index >= 15 is 0 Å². The Kier molecular flexibility index (Phi) is 6.43. The number of anilines is 1. The zero-order chi connectivity index (χ0) is 21.9. The molecule has 8 heteroatoms. The van der Waals surface area contributed by atoms with Crippen LogP contribution >= 0.6 is 11.3 Å². The van der Waals surface area contributed by atoms with Crippen LogP contribution in [0.3, 0.4) is 0 Å². The lowest BCUT2D eigenvalue weighted by atomic mass is 10.1. The second-order valence-electron chi connectivity index (χ2n) is 8.41. The Morgan fingerprint density at radius 1 is 0.906 bits per heavy atom. The van der Waals surface area contributed by atoms with Crippen molar-refractivity contribution < 1.29 is 19.1 Å². The van der Waals surface area contributed by atoms with E-state index in [2.05, 4.69) is 17.0 Å². The van der Waals surface area contributed by atoms with Crippen LogP contribution in [0.25, 0.3) is 11.1 Å². The molecule has 2 amide bonds. The Labute approximate surface area is 192 Å². The summed E-state index contributed by atoms with van der Waals surface area (Å²) in [6.45, 7) is 5.99. The van der Waals surface area contributed by atoms with Gasteiger partial charge >= 0.3 is 0 Å². The Hall–Kier alpha value is -2.42. The van der Waals surface area contributed by atoms with E-state index in [4.69, 9.17) is 9.47 Å². The average molecular weight is 456 g/mol. The SMILES string of the molecule is O=C(c1cc(-c2ccccc2)c(N2CCOCC2)s1)N1CCN(C(=O)C2CCCO2)CC1. The number of amides is 2. The Balaban J connectivity index is 1.31. The van der Waals surface area contributed by atoms with Crippen LogP contribution in [0, 0.1) is 0 Å². The number of nitrogens with zero attached hydrogens (tertiary/aromatic N) is 3. The first-order valence-corrected chi connectivity index (χ1v) is 12.2. The van der Waals surface area contributed by atoms with Crippen LogP contribution in [0.15, 0.2) is 36.4 Å².